The number of para-hydroxylation sites is 2. The van der Waals surface area contributed by atoms with Crippen LogP contribution < -0.4 is 27.3 Å². The van der Waals surface area contributed by atoms with Crippen LogP contribution in [0, 0.1) is 0 Å². The molecule has 2 aromatic heterocycles. The number of fused-ring (bicyclic) bond motifs is 6. The molecular weight excluding hydrogens is 751 g/mol. The van der Waals surface area contributed by atoms with Gasteiger partial charge in [-0.25, -0.2) is 4.98 Å². The van der Waals surface area contributed by atoms with Crippen LogP contribution in [-0.2, 0) is 6.42 Å². The molecule has 0 radical (unpaired) electrons. The van der Waals surface area contributed by atoms with E-state index in [1.54, 1.807) is 0 Å². The first-order valence-corrected chi connectivity index (χ1v) is 22.3. The average Bonchev–Trinajstić information content (AvgIpc) is 3.88. The van der Waals surface area contributed by atoms with Crippen molar-refractivity contribution >= 4 is 131 Å². The first kappa shape index (κ1) is 37.5. The second kappa shape index (κ2) is 14.6. The van der Waals surface area contributed by atoms with Crippen LogP contribution in [0.25, 0.3) is 103 Å². The van der Waals surface area contributed by atoms with E-state index in [1.807, 2.05) is 11.3 Å². The maximum atomic E-state index is 4.92. The Morgan fingerprint density at radius 1 is 0.459 bits per heavy atom. The molecule has 8 heteroatoms. The predicted molar refractivity (Wildman–Crippen MR) is 281 cm³/mol. The lowest BCUT2D eigenvalue weighted by molar-refractivity contribution is 0.908. The Morgan fingerprint density at radius 2 is 1.02 bits per heavy atom. The van der Waals surface area contributed by atoms with E-state index >= 15 is 0 Å². The van der Waals surface area contributed by atoms with E-state index in [0.717, 1.165) is 29.0 Å². The van der Waals surface area contributed by atoms with Crippen molar-refractivity contribution in [3.8, 4) is 50.2 Å². The molecule has 0 aliphatic rings. The summed E-state index contributed by atoms with van der Waals surface area (Å²) in [7, 11) is 11.4. The fraction of sp³-hybridized carbons (Fsp3) is 0.0377. The van der Waals surface area contributed by atoms with Crippen molar-refractivity contribution in [3.05, 3.63) is 164 Å². The van der Waals surface area contributed by atoms with Gasteiger partial charge in [0.25, 0.3) is 0 Å². The van der Waals surface area contributed by atoms with Crippen LogP contribution in [0.1, 0.15) is 12.7 Å². The Morgan fingerprint density at radius 3 is 1.74 bits per heavy atom. The standard InChI is InChI=1S/C53H41B5N2S/c1-2-44-59-40-14-6-7-15-41(40)60(44)33-25-22-30(23-26-33)29-18-20-31(21-19-29)45-34-10-3-4-11-35(34)47(38-13-9-17-43-48(38)37-12-5-8-16-42(37)61-43)39-28-32(24-27-36(39)45)46-49(54)51(56)53(58)52(57)50(46)55/h3-28H,2,54-58H2,1H3. The maximum absolute atomic E-state index is 4.92. The third-order valence-corrected chi connectivity index (χ3v) is 14.7. The van der Waals surface area contributed by atoms with Crippen LogP contribution in [0.3, 0.4) is 0 Å². The summed E-state index contributed by atoms with van der Waals surface area (Å²) in [6.45, 7) is 2.17. The van der Waals surface area contributed by atoms with E-state index in [1.165, 1.54) is 114 Å². The largest absolute Gasteiger partial charge is 0.296 e. The molecule has 0 unspecified atom stereocenters. The van der Waals surface area contributed by atoms with Crippen molar-refractivity contribution in [1.82, 2.24) is 9.55 Å². The Bertz CT molecular complexity index is 3540. The molecule has 0 fully saturated rings. The first-order chi connectivity index (χ1) is 29.8. The van der Waals surface area contributed by atoms with Crippen molar-refractivity contribution in [2.24, 2.45) is 0 Å². The fourth-order valence-electron chi connectivity index (χ4n) is 10.1. The van der Waals surface area contributed by atoms with Gasteiger partial charge in [-0.1, -0.05) is 133 Å². The van der Waals surface area contributed by atoms with E-state index < -0.39 is 0 Å². The number of aromatic nitrogens is 2. The van der Waals surface area contributed by atoms with E-state index in [2.05, 4.69) is 208 Å². The van der Waals surface area contributed by atoms with Gasteiger partial charge < -0.3 is 0 Å². The van der Waals surface area contributed by atoms with E-state index in [-0.39, 0.29) is 0 Å². The molecule has 0 amide bonds. The van der Waals surface area contributed by atoms with Gasteiger partial charge in [0.15, 0.2) is 0 Å². The zero-order valence-corrected chi connectivity index (χ0v) is 36.3. The van der Waals surface area contributed by atoms with Crippen LogP contribution in [0.15, 0.2) is 158 Å². The summed E-state index contributed by atoms with van der Waals surface area (Å²) >= 11 is 1.89. The number of imidazole rings is 1. The molecule has 0 aliphatic carbocycles. The molecule has 284 valence electrons. The predicted octanol–water partition coefficient (Wildman–Crippen LogP) is 6.22. The van der Waals surface area contributed by atoms with Crippen LogP contribution in [-0.4, -0.2) is 48.8 Å². The second-order valence-corrected chi connectivity index (χ2v) is 17.7. The summed E-state index contributed by atoms with van der Waals surface area (Å²) in [4.78, 5) is 4.92. The molecule has 11 aromatic rings. The molecule has 11 rings (SSSR count). The Balaban J connectivity index is 1.12. The maximum Gasteiger partial charge on any atom is 0.139 e. The minimum Gasteiger partial charge on any atom is -0.296 e. The Kier molecular flexibility index (Phi) is 8.98. The van der Waals surface area contributed by atoms with E-state index in [4.69, 9.17) is 4.98 Å². The zero-order valence-electron chi connectivity index (χ0n) is 35.5. The van der Waals surface area contributed by atoms with Crippen LogP contribution >= 0.6 is 11.3 Å². The summed E-state index contributed by atoms with van der Waals surface area (Å²) in [5.41, 5.74) is 20.3. The Hall–Kier alpha value is -6.49. The molecule has 0 N–H and O–H groups in total. The molecule has 2 nitrogen and oxygen atoms in total. The van der Waals surface area contributed by atoms with Gasteiger partial charge in [0, 0.05) is 32.3 Å². The number of nitrogens with zero attached hydrogens (tertiary/aromatic N) is 2. The molecule has 0 aliphatic heterocycles. The molecule has 0 spiro atoms. The van der Waals surface area contributed by atoms with Gasteiger partial charge in [-0.2, -0.15) is 0 Å². The molecule has 0 bridgehead atoms. The summed E-state index contributed by atoms with van der Waals surface area (Å²) in [6, 6.07) is 58.7. The Labute approximate surface area is 365 Å². The van der Waals surface area contributed by atoms with Gasteiger partial charge in [0.05, 0.1) is 11.0 Å². The van der Waals surface area contributed by atoms with Gasteiger partial charge in [-0.3, -0.25) is 4.57 Å². The molecular formula is C53H41B5N2S. The highest BCUT2D eigenvalue weighted by atomic mass is 32.1. The molecule has 0 atom stereocenters. The molecule has 2 heterocycles. The lowest BCUT2D eigenvalue weighted by Gasteiger charge is -2.23. The zero-order chi connectivity index (χ0) is 41.5. The minimum atomic E-state index is 0.870. The summed E-state index contributed by atoms with van der Waals surface area (Å²) in [5, 5.41) is 7.74. The van der Waals surface area contributed by atoms with Gasteiger partial charge in [0.1, 0.15) is 45.1 Å². The van der Waals surface area contributed by atoms with Gasteiger partial charge >= 0.3 is 0 Å². The van der Waals surface area contributed by atoms with E-state index in [9.17, 15) is 0 Å². The van der Waals surface area contributed by atoms with Crippen molar-refractivity contribution < 1.29 is 0 Å². The number of hydrogen-bond acceptors (Lipinski definition) is 2. The van der Waals surface area contributed by atoms with Crippen molar-refractivity contribution in [2.75, 3.05) is 0 Å². The van der Waals surface area contributed by atoms with Gasteiger partial charge in [0.2, 0.25) is 0 Å². The highest BCUT2D eigenvalue weighted by molar-refractivity contribution is 7.26. The minimum absolute atomic E-state index is 0.870. The normalized spacial score (nSPS) is 11.8. The SMILES string of the molecule is Bc1c(B)c(B)c(-c2ccc3c(-c4ccc(-c5ccc(-n6c(CC)nc7ccccc76)cc5)cc4)c4ccccc4c(-c4cccc5sc6ccccc6c45)c3c2)c(B)c1B. The van der Waals surface area contributed by atoms with Crippen molar-refractivity contribution in [2.45, 2.75) is 13.3 Å². The number of hydrogen-bond donors (Lipinski definition) is 0. The smallest absolute Gasteiger partial charge is 0.139 e. The fourth-order valence-corrected chi connectivity index (χ4v) is 11.2. The van der Waals surface area contributed by atoms with Crippen LogP contribution in [0.2, 0.25) is 0 Å². The number of benzene rings is 9. The third-order valence-electron chi connectivity index (χ3n) is 13.6. The summed E-state index contributed by atoms with van der Waals surface area (Å²) < 4.78 is 4.93. The lowest BCUT2D eigenvalue weighted by atomic mass is 9.59. The third kappa shape index (κ3) is 5.87. The second-order valence-electron chi connectivity index (χ2n) is 16.7. The number of aryl methyl sites for hydroxylation is 1. The highest BCUT2D eigenvalue weighted by Gasteiger charge is 2.22. The molecule has 61 heavy (non-hydrogen) atoms. The first-order valence-electron chi connectivity index (χ1n) is 21.4. The monoisotopic (exact) mass is 792 g/mol. The highest BCUT2D eigenvalue weighted by Crippen LogP contribution is 2.48. The quantitative estimate of drug-likeness (QED) is 0.145. The van der Waals surface area contributed by atoms with Gasteiger partial charge in [-0.05, 0) is 109 Å². The summed E-state index contributed by atoms with van der Waals surface area (Å²) in [6.07, 6.45) is 0.870. The van der Waals surface area contributed by atoms with Crippen molar-refractivity contribution in [3.63, 3.8) is 0 Å². The number of thiophene rings is 1. The van der Waals surface area contributed by atoms with Crippen LogP contribution in [0.4, 0.5) is 0 Å². The number of rotatable bonds is 6. The van der Waals surface area contributed by atoms with E-state index in [0.29, 0.717) is 0 Å². The summed E-state index contributed by atoms with van der Waals surface area (Å²) in [5.74, 6) is 1.07. The lowest BCUT2D eigenvalue weighted by Crippen LogP contribution is -2.55. The average molecular weight is 792 g/mol. The molecule has 0 saturated heterocycles. The van der Waals surface area contributed by atoms with Gasteiger partial charge in [-0.15, -0.1) is 27.7 Å². The molecule has 0 saturated carbocycles. The molecule has 9 aromatic carbocycles. The van der Waals surface area contributed by atoms with Crippen LogP contribution in [0.5, 0.6) is 0 Å². The topological polar surface area (TPSA) is 17.8 Å². The van der Waals surface area contributed by atoms with Crippen molar-refractivity contribution in [1.29, 1.82) is 0 Å².